The maximum atomic E-state index is 12.6. The lowest BCUT2D eigenvalue weighted by atomic mass is 9.66. The van der Waals surface area contributed by atoms with E-state index in [0.717, 1.165) is 17.7 Å². The van der Waals surface area contributed by atoms with Crippen molar-refractivity contribution in [2.24, 2.45) is 5.92 Å². The van der Waals surface area contributed by atoms with Crippen LogP contribution in [0.4, 0.5) is 0 Å². The van der Waals surface area contributed by atoms with Crippen LogP contribution in [0.2, 0.25) is 0 Å². The average Bonchev–Trinajstić information content (AvgIpc) is 2.69. The van der Waals surface area contributed by atoms with Crippen molar-refractivity contribution in [2.45, 2.75) is 58.1 Å². The molecular weight excluding hydrogens is 298 g/mol. The molecule has 1 unspecified atom stereocenters. The first-order valence-electron chi connectivity index (χ1n) is 8.05. The highest BCUT2D eigenvalue weighted by molar-refractivity contribution is 5.97. The Hall–Kier alpha value is -1.82. The second kappa shape index (κ2) is 5.67. The molecule has 23 heavy (non-hydrogen) atoms. The van der Waals surface area contributed by atoms with Crippen molar-refractivity contribution in [3.63, 3.8) is 0 Å². The third kappa shape index (κ3) is 2.87. The molecule has 2 heterocycles. The zero-order chi connectivity index (χ0) is 16.8. The maximum Gasteiger partial charge on any atom is 0.306 e. The van der Waals surface area contributed by atoms with Gasteiger partial charge >= 0.3 is 5.97 Å². The molecule has 6 nitrogen and oxygen atoms in total. The number of hydrogen-bond acceptors (Lipinski definition) is 4. The van der Waals surface area contributed by atoms with E-state index in [4.69, 9.17) is 14.3 Å². The van der Waals surface area contributed by atoms with Crippen molar-refractivity contribution in [1.29, 1.82) is 0 Å². The van der Waals surface area contributed by atoms with E-state index in [1.165, 1.54) is 0 Å². The number of nitrogens with one attached hydrogen (secondary N) is 1. The summed E-state index contributed by atoms with van der Waals surface area (Å²) in [7, 11) is 0. The largest absolute Gasteiger partial charge is 0.481 e. The molecule has 1 aliphatic carbocycles. The molecule has 2 aliphatic rings. The second-order valence-electron chi connectivity index (χ2n) is 6.85. The monoisotopic (exact) mass is 321 g/mol. The van der Waals surface area contributed by atoms with E-state index in [2.05, 4.69) is 5.32 Å². The Balaban J connectivity index is 1.64. The molecule has 1 amide bonds. The molecular formula is C17H23NO5. The first kappa shape index (κ1) is 16.1. The van der Waals surface area contributed by atoms with Crippen LogP contribution in [0.5, 0.6) is 0 Å². The molecule has 3 rings (SSSR count). The number of hydrogen-bond donors (Lipinski definition) is 2. The maximum absolute atomic E-state index is 12.6. The fourth-order valence-corrected chi connectivity index (χ4v) is 3.83. The summed E-state index contributed by atoms with van der Waals surface area (Å²) in [6.07, 6.45) is 2.51. The minimum Gasteiger partial charge on any atom is -0.481 e. The van der Waals surface area contributed by atoms with E-state index in [-0.39, 0.29) is 23.5 Å². The van der Waals surface area contributed by atoms with Crippen LogP contribution in [0.25, 0.3) is 0 Å². The first-order valence-corrected chi connectivity index (χ1v) is 8.05. The second-order valence-corrected chi connectivity index (χ2v) is 6.85. The van der Waals surface area contributed by atoms with Crippen LogP contribution in [0.3, 0.4) is 0 Å². The number of carboxylic acids is 1. The summed E-state index contributed by atoms with van der Waals surface area (Å²) in [4.78, 5) is 23.5. The topological polar surface area (TPSA) is 88.8 Å². The summed E-state index contributed by atoms with van der Waals surface area (Å²) in [5.41, 5.74) is 1.12. The summed E-state index contributed by atoms with van der Waals surface area (Å²) >= 11 is 0. The summed E-state index contributed by atoms with van der Waals surface area (Å²) in [5, 5.41) is 12.1. The van der Waals surface area contributed by atoms with E-state index in [1.807, 2.05) is 13.8 Å². The minimum atomic E-state index is -0.759. The Morgan fingerprint density at radius 1 is 1.17 bits per heavy atom. The molecule has 6 heteroatoms. The Labute approximate surface area is 135 Å². The highest BCUT2D eigenvalue weighted by atomic mass is 16.5. The number of aliphatic carboxylic acids is 1. The van der Waals surface area contributed by atoms with Gasteiger partial charge in [0.2, 0.25) is 0 Å². The zero-order valence-corrected chi connectivity index (χ0v) is 13.8. The van der Waals surface area contributed by atoms with Crippen molar-refractivity contribution >= 4 is 11.9 Å². The van der Waals surface area contributed by atoms with Gasteiger partial charge in [0, 0.05) is 18.2 Å². The molecule has 1 aliphatic heterocycles. The molecule has 1 aromatic heterocycles. The molecule has 0 radical (unpaired) electrons. The van der Waals surface area contributed by atoms with Crippen LogP contribution in [-0.4, -0.2) is 35.2 Å². The number of aryl methyl sites for hydroxylation is 2. The van der Waals surface area contributed by atoms with E-state index >= 15 is 0 Å². The van der Waals surface area contributed by atoms with Crippen LogP contribution >= 0.6 is 0 Å². The quantitative estimate of drug-likeness (QED) is 0.892. The number of ether oxygens (including phenoxy) is 1. The predicted molar refractivity (Wildman–Crippen MR) is 82.5 cm³/mol. The normalized spacial score (nSPS) is 30.0. The van der Waals surface area contributed by atoms with E-state index < -0.39 is 5.97 Å². The Bertz CT molecular complexity index is 642. The minimum absolute atomic E-state index is 0.0139. The Kier molecular flexibility index (Phi) is 3.96. The van der Waals surface area contributed by atoms with Gasteiger partial charge in [0.05, 0.1) is 17.1 Å². The first-order chi connectivity index (χ1) is 10.8. The fraction of sp³-hybridized carbons (Fsp3) is 0.647. The molecule has 1 atom stereocenters. The van der Waals surface area contributed by atoms with E-state index in [9.17, 15) is 9.59 Å². The number of rotatable bonds is 3. The molecule has 0 aromatic carbocycles. The van der Waals surface area contributed by atoms with Crippen LogP contribution in [0, 0.1) is 26.7 Å². The van der Waals surface area contributed by atoms with Crippen molar-refractivity contribution in [1.82, 2.24) is 5.32 Å². The van der Waals surface area contributed by atoms with Crippen LogP contribution < -0.4 is 5.32 Å². The lowest BCUT2D eigenvalue weighted by Crippen LogP contribution is -2.56. The molecule has 2 N–H and O–H groups in total. The van der Waals surface area contributed by atoms with Gasteiger partial charge in [-0.2, -0.15) is 0 Å². The van der Waals surface area contributed by atoms with Crippen molar-refractivity contribution in [3.05, 3.63) is 22.6 Å². The Morgan fingerprint density at radius 2 is 1.87 bits per heavy atom. The van der Waals surface area contributed by atoms with Gasteiger partial charge in [0.15, 0.2) is 0 Å². The lowest BCUT2D eigenvalue weighted by molar-refractivity contribution is -0.181. The van der Waals surface area contributed by atoms with Gasteiger partial charge in [-0.3, -0.25) is 9.59 Å². The summed E-state index contributed by atoms with van der Waals surface area (Å²) in [5.74, 6) is 0.206. The lowest BCUT2D eigenvalue weighted by Gasteiger charge is -2.50. The molecule has 2 fully saturated rings. The highest BCUT2D eigenvalue weighted by Gasteiger charge is 2.51. The molecule has 1 saturated carbocycles. The summed E-state index contributed by atoms with van der Waals surface area (Å²) in [6.45, 7) is 6.09. The van der Waals surface area contributed by atoms with Crippen LogP contribution in [-0.2, 0) is 9.53 Å². The third-order valence-electron chi connectivity index (χ3n) is 5.20. The highest BCUT2D eigenvalue weighted by Crippen LogP contribution is 2.46. The van der Waals surface area contributed by atoms with E-state index in [0.29, 0.717) is 37.2 Å². The number of carboxylic acid groups (broad SMARTS) is 1. The summed E-state index contributed by atoms with van der Waals surface area (Å²) in [6, 6.07) is 0.0139. The number of furan rings is 1. The van der Waals surface area contributed by atoms with Gasteiger partial charge in [0.25, 0.3) is 5.91 Å². The standard InChI is InChI=1S/C17H23NO5/c1-9-10(2)23-11(3)14(9)15(19)18-13-4-5-22-17(8-13)6-12(7-17)16(20)21/h12-13H,4-8H2,1-3H3,(H,18,19)(H,20,21). The predicted octanol–water partition coefficient (Wildman–Crippen LogP) is 2.35. The zero-order valence-electron chi connectivity index (χ0n) is 13.8. The van der Waals surface area contributed by atoms with Crippen LogP contribution in [0.15, 0.2) is 4.42 Å². The number of amides is 1. The molecule has 126 valence electrons. The van der Waals surface area contributed by atoms with Gasteiger partial charge in [-0.1, -0.05) is 0 Å². The average molecular weight is 321 g/mol. The van der Waals surface area contributed by atoms with Gasteiger partial charge in [-0.05, 0) is 46.5 Å². The van der Waals surface area contributed by atoms with E-state index in [1.54, 1.807) is 6.92 Å². The SMILES string of the molecule is Cc1oc(C)c(C(=O)NC2CCOC3(C2)CC(C(=O)O)C3)c1C. The third-order valence-corrected chi connectivity index (χ3v) is 5.20. The Morgan fingerprint density at radius 3 is 2.43 bits per heavy atom. The van der Waals surface area contributed by atoms with Gasteiger partial charge in [-0.15, -0.1) is 0 Å². The van der Waals surface area contributed by atoms with Gasteiger partial charge in [-0.25, -0.2) is 0 Å². The van der Waals surface area contributed by atoms with Gasteiger partial charge < -0.3 is 19.6 Å². The molecule has 1 spiro atoms. The fourth-order valence-electron chi connectivity index (χ4n) is 3.83. The molecule has 1 saturated heterocycles. The number of carbonyl (C=O) groups is 2. The van der Waals surface area contributed by atoms with Crippen molar-refractivity contribution < 1.29 is 23.8 Å². The van der Waals surface area contributed by atoms with Crippen molar-refractivity contribution in [3.8, 4) is 0 Å². The van der Waals surface area contributed by atoms with Crippen LogP contribution in [0.1, 0.15) is 53.1 Å². The smallest absolute Gasteiger partial charge is 0.306 e. The van der Waals surface area contributed by atoms with Gasteiger partial charge in [0.1, 0.15) is 11.5 Å². The van der Waals surface area contributed by atoms with Crippen molar-refractivity contribution in [2.75, 3.05) is 6.61 Å². The molecule has 0 bridgehead atoms. The number of carbonyl (C=O) groups excluding carboxylic acids is 1. The molecule has 1 aromatic rings. The summed E-state index contributed by atoms with van der Waals surface area (Å²) < 4.78 is 11.3.